The maximum atomic E-state index is 12.3. The lowest BCUT2D eigenvalue weighted by Gasteiger charge is -2.17. The van der Waals surface area contributed by atoms with Crippen molar-refractivity contribution in [3.05, 3.63) is 47.5 Å². The molecule has 1 N–H and O–H groups in total. The van der Waals surface area contributed by atoms with Crippen LogP contribution in [0.1, 0.15) is 29.8 Å². The summed E-state index contributed by atoms with van der Waals surface area (Å²) in [7, 11) is 0. The first-order chi connectivity index (χ1) is 14.5. The summed E-state index contributed by atoms with van der Waals surface area (Å²) in [6, 6.07) is 7.70. The number of nitrogens with one attached hydrogen (secondary N) is 1. The van der Waals surface area contributed by atoms with Gasteiger partial charge in [-0.2, -0.15) is 10.1 Å². The number of benzene rings is 1. The number of hydrogen-bond donors (Lipinski definition) is 1. The molecule has 1 aromatic carbocycles. The van der Waals surface area contributed by atoms with Crippen molar-refractivity contribution < 1.29 is 14.3 Å². The first-order valence-corrected chi connectivity index (χ1v) is 9.97. The first-order valence-electron chi connectivity index (χ1n) is 9.97. The first kappa shape index (κ1) is 19.8. The second-order valence-electron chi connectivity index (χ2n) is 7.36. The van der Waals surface area contributed by atoms with Gasteiger partial charge < -0.3 is 15.0 Å². The van der Waals surface area contributed by atoms with Gasteiger partial charge in [0.05, 0.1) is 6.42 Å². The monoisotopic (exact) mass is 408 g/mol. The minimum atomic E-state index is -0.498. The summed E-state index contributed by atoms with van der Waals surface area (Å²) < 4.78 is 6.73. The second-order valence-corrected chi connectivity index (χ2v) is 7.36. The van der Waals surface area contributed by atoms with Crippen molar-refractivity contribution in [1.29, 1.82) is 0 Å². The number of nitrogens with zero attached hydrogens (tertiary/aromatic N) is 5. The highest BCUT2D eigenvalue weighted by molar-refractivity contribution is 5.93. The Balaban J connectivity index is 1.30. The molecule has 0 spiro atoms. The van der Waals surface area contributed by atoms with Crippen LogP contribution in [0.15, 0.2) is 30.6 Å². The molecular weight excluding hydrogens is 384 g/mol. The Morgan fingerprint density at radius 1 is 1.13 bits per heavy atom. The van der Waals surface area contributed by atoms with Crippen molar-refractivity contribution in [2.24, 2.45) is 0 Å². The summed E-state index contributed by atoms with van der Waals surface area (Å²) >= 11 is 0. The molecule has 2 aromatic heterocycles. The number of fused-ring (bicyclic) bond motifs is 1. The van der Waals surface area contributed by atoms with Crippen LogP contribution in [0, 0.1) is 13.8 Å². The smallest absolute Gasteiger partial charge is 0.310 e. The molecule has 3 heterocycles. The Morgan fingerprint density at radius 3 is 2.60 bits per heavy atom. The molecule has 1 aliphatic heterocycles. The molecule has 1 amide bonds. The Bertz CT molecular complexity index is 1070. The van der Waals surface area contributed by atoms with Crippen molar-refractivity contribution in [2.45, 2.75) is 33.1 Å². The van der Waals surface area contributed by atoms with E-state index >= 15 is 0 Å². The normalized spacial score (nSPS) is 13.6. The molecule has 0 radical (unpaired) electrons. The van der Waals surface area contributed by atoms with Gasteiger partial charge >= 0.3 is 5.97 Å². The van der Waals surface area contributed by atoms with Crippen molar-refractivity contribution in [2.75, 3.05) is 29.9 Å². The average molecular weight is 408 g/mol. The summed E-state index contributed by atoms with van der Waals surface area (Å²) in [6.07, 6.45) is 3.86. The molecule has 0 atom stereocenters. The van der Waals surface area contributed by atoms with Gasteiger partial charge in [-0.05, 0) is 51.0 Å². The number of esters is 1. The molecule has 1 saturated heterocycles. The van der Waals surface area contributed by atoms with Crippen molar-refractivity contribution >= 4 is 29.0 Å². The van der Waals surface area contributed by atoms with Crippen LogP contribution in [0.2, 0.25) is 0 Å². The van der Waals surface area contributed by atoms with E-state index in [9.17, 15) is 9.59 Å². The SMILES string of the molecule is Cc1nc2ncnn2c(C)c1CC(=O)OCC(=O)Nc1ccc(N2CCCC2)cc1. The lowest BCUT2D eigenvalue weighted by molar-refractivity contribution is -0.146. The molecule has 1 fully saturated rings. The minimum Gasteiger partial charge on any atom is -0.455 e. The standard InChI is InChI=1S/C21H24N6O3/c1-14-18(15(2)27-21(24-14)22-13-23-27)11-20(29)30-12-19(28)25-16-5-7-17(8-6-16)26-9-3-4-10-26/h5-8,13H,3-4,9-12H2,1-2H3,(H,25,28). The van der Waals surface area contributed by atoms with Crippen LogP contribution in [0.5, 0.6) is 0 Å². The number of aromatic nitrogens is 4. The van der Waals surface area contributed by atoms with Gasteiger partial charge in [0.2, 0.25) is 0 Å². The number of aryl methyl sites for hydroxylation is 2. The van der Waals surface area contributed by atoms with E-state index in [1.807, 2.05) is 38.1 Å². The zero-order valence-electron chi connectivity index (χ0n) is 17.1. The lowest BCUT2D eigenvalue weighted by Crippen LogP contribution is -2.22. The number of amides is 1. The van der Waals surface area contributed by atoms with Crippen LogP contribution in [0.4, 0.5) is 11.4 Å². The minimum absolute atomic E-state index is 0.0122. The second kappa shape index (κ2) is 8.48. The predicted molar refractivity (Wildman–Crippen MR) is 111 cm³/mol. The molecule has 3 aromatic rings. The molecule has 0 unspecified atom stereocenters. The van der Waals surface area contributed by atoms with Crippen LogP contribution in [-0.4, -0.2) is 51.2 Å². The van der Waals surface area contributed by atoms with Crippen molar-refractivity contribution in [3.8, 4) is 0 Å². The molecule has 156 valence electrons. The third kappa shape index (κ3) is 4.24. The van der Waals surface area contributed by atoms with E-state index in [0.29, 0.717) is 17.2 Å². The molecule has 0 aliphatic carbocycles. The quantitative estimate of drug-likeness (QED) is 0.623. The third-order valence-electron chi connectivity index (χ3n) is 5.30. The van der Waals surface area contributed by atoms with Crippen molar-refractivity contribution in [3.63, 3.8) is 0 Å². The fourth-order valence-corrected chi connectivity index (χ4v) is 3.68. The van der Waals surface area contributed by atoms with Gasteiger partial charge in [0.1, 0.15) is 6.33 Å². The van der Waals surface area contributed by atoms with Crippen LogP contribution in [0.25, 0.3) is 5.78 Å². The van der Waals surface area contributed by atoms with Crippen molar-refractivity contribution in [1.82, 2.24) is 19.6 Å². The molecular formula is C21H24N6O3. The number of carbonyl (C=O) groups excluding carboxylic acids is 2. The number of ether oxygens (including phenoxy) is 1. The Labute approximate surface area is 174 Å². The van der Waals surface area contributed by atoms with Gasteiger partial charge in [0, 0.05) is 41.4 Å². The zero-order valence-corrected chi connectivity index (χ0v) is 17.1. The molecule has 9 nitrogen and oxygen atoms in total. The van der Waals surface area contributed by atoms with E-state index in [2.05, 4.69) is 25.3 Å². The highest BCUT2D eigenvalue weighted by atomic mass is 16.5. The fraction of sp³-hybridized carbons (Fsp3) is 0.381. The van der Waals surface area contributed by atoms with Crippen LogP contribution >= 0.6 is 0 Å². The lowest BCUT2D eigenvalue weighted by atomic mass is 10.1. The summed E-state index contributed by atoms with van der Waals surface area (Å²) in [5.74, 6) is -0.394. The molecule has 30 heavy (non-hydrogen) atoms. The number of hydrogen-bond acceptors (Lipinski definition) is 7. The number of carbonyl (C=O) groups is 2. The van der Waals surface area contributed by atoms with Gasteiger partial charge in [-0.1, -0.05) is 0 Å². The largest absolute Gasteiger partial charge is 0.455 e. The highest BCUT2D eigenvalue weighted by Crippen LogP contribution is 2.22. The third-order valence-corrected chi connectivity index (χ3v) is 5.30. The van der Waals surface area contributed by atoms with E-state index in [1.54, 1.807) is 4.52 Å². The van der Waals surface area contributed by atoms with E-state index in [-0.39, 0.29) is 18.9 Å². The molecule has 9 heteroatoms. The highest BCUT2D eigenvalue weighted by Gasteiger charge is 2.16. The molecule has 1 aliphatic rings. The van der Waals surface area contributed by atoms with Crippen LogP contribution in [-0.2, 0) is 20.7 Å². The van der Waals surface area contributed by atoms with E-state index in [1.165, 1.54) is 19.2 Å². The maximum absolute atomic E-state index is 12.3. The predicted octanol–water partition coefficient (Wildman–Crippen LogP) is 2.07. The number of anilines is 2. The van der Waals surface area contributed by atoms with E-state index in [0.717, 1.165) is 30.0 Å². The zero-order chi connectivity index (χ0) is 21.1. The molecule has 0 bridgehead atoms. The summed E-state index contributed by atoms with van der Waals surface area (Å²) in [5.41, 5.74) is 4.00. The topological polar surface area (TPSA) is 102 Å². The van der Waals surface area contributed by atoms with Gasteiger partial charge in [-0.25, -0.2) is 9.50 Å². The van der Waals surface area contributed by atoms with Gasteiger partial charge in [-0.15, -0.1) is 0 Å². The maximum Gasteiger partial charge on any atom is 0.310 e. The summed E-state index contributed by atoms with van der Waals surface area (Å²) in [4.78, 5) is 35.1. The fourth-order valence-electron chi connectivity index (χ4n) is 3.68. The summed E-state index contributed by atoms with van der Waals surface area (Å²) in [5, 5.41) is 6.86. The van der Waals surface area contributed by atoms with Crippen LogP contribution < -0.4 is 10.2 Å². The van der Waals surface area contributed by atoms with E-state index < -0.39 is 5.97 Å². The molecule has 4 rings (SSSR count). The van der Waals surface area contributed by atoms with Crippen LogP contribution in [0.3, 0.4) is 0 Å². The Morgan fingerprint density at radius 2 is 1.87 bits per heavy atom. The number of rotatable bonds is 6. The Hall–Kier alpha value is -3.49. The van der Waals surface area contributed by atoms with Gasteiger partial charge in [0.25, 0.3) is 11.7 Å². The van der Waals surface area contributed by atoms with E-state index in [4.69, 9.17) is 4.74 Å². The van der Waals surface area contributed by atoms with Gasteiger partial charge in [-0.3, -0.25) is 9.59 Å². The van der Waals surface area contributed by atoms with Gasteiger partial charge in [0.15, 0.2) is 6.61 Å². The molecule has 0 saturated carbocycles. The Kier molecular flexibility index (Phi) is 5.60. The summed E-state index contributed by atoms with van der Waals surface area (Å²) in [6.45, 7) is 5.45. The average Bonchev–Trinajstić information content (AvgIpc) is 3.42.